The van der Waals surface area contributed by atoms with Crippen LogP contribution >= 0.6 is 20.7 Å². The van der Waals surface area contributed by atoms with Gasteiger partial charge in [0.2, 0.25) is 17.7 Å². The lowest BCUT2D eigenvalue weighted by Gasteiger charge is -2.51. The molecule has 1 spiro atoms. The Labute approximate surface area is 299 Å². The standard InChI is InChI=1S/C37H43F3IN5O4/c1-35(2)12-30(35)34(49)45-21-36(22-45)20-44(33(48)25-14-43-46(15-25)17-28-7-6-27(38)13-41-28)16-26(36)19-50-18-24-4-3-5-29(31(24)32(42)47)23-8-10-37(39,40)11-9-23/h3-7,13-15,23,26,30H,8-12,16-22H2,1-2H3,(H2,42,47)/t26-,30+/m0/s1. The second-order valence-corrected chi connectivity index (χ2v) is 18.0. The minimum atomic E-state index is -2.68. The zero-order valence-electron chi connectivity index (χ0n) is 28.3. The molecule has 13 heteroatoms. The van der Waals surface area contributed by atoms with E-state index in [4.69, 9.17) is 10.5 Å². The molecule has 0 radical (unpaired) electrons. The van der Waals surface area contributed by atoms with Crippen LogP contribution in [0.3, 0.4) is 0 Å². The molecule has 50 heavy (non-hydrogen) atoms. The summed E-state index contributed by atoms with van der Waals surface area (Å²) in [5.41, 5.74) is 7.67. The van der Waals surface area contributed by atoms with E-state index in [1.807, 2.05) is 15.9 Å². The second-order valence-electron chi connectivity index (χ2n) is 15.4. The van der Waals surface area contributed by atoms with Crippen LogP contribution in [0, 0.1) is 22.7 Å². The minimum absolute atomic E-state index is 0.0173. The molecule has 0 unspecified atom stereocenters. The van der Waals surface area contributed by atoms with Crippen LogP contribution in [0.1, 0.15) is 83.7 Å². The van der Waals surface area contributed by atoms with E-state index in [0.29, 0.717) is 61.6 Å². The molecule has 2 saturated heterocycles. The lowest BCUT2D eigenvalue weighted by Crippen LogP contribution is -2.63. The first-order chi connectivity index (χ1) is 23.7. The van der Waals surface area contributed by atoms with Crippen molar-refractivity contribution in [3.05, 3.63) is 74.9 Å². The molecule has 2 saturated carbocycles. The number of primary amides is 1. The molecule has 0 bridgehead atoms. The first-order valence-corrected chi connectivity index (χ1v) is 19.6. The number of likely N-dealkylation sites (tertiary alicyclic amines) is 2. The third kappa shape index (κ3) is 7.08. The summed E-state index contributed by atoms with van der Waals surface area (Å²) in [6.07, 6.45) is 7.54. The number of hydrogen-bond acceptors (Lipinski definition) is 5. The maximum atomic E-state index is 13.9. The van der Waals surface area contributed by atoms with Gasteiger partial charge in [-0.25, -0.2) is 13.2 Å². The summed E-state index contributed by atoms with van der Waals surface area (Å²) in [7, 11) is 0. The molecule has 1 aromatic heterocycles. The number of ether oxygens (including phenoxy) is 1. The third-order valence-corrected chi connectivity index (χ3v) is 13.7. The van der Waals surface area contributed by atoms with Crippen molar-refractivity contribution in [1.29, 1.82) is 0 Å². The smallest absolute Gasteiger partial charge is 0.257 e. The first kappa shape index (κ1) is 35.1. The number of benzene rings is 1. The van der Waals surface area contributed by atoms with E-state index >= 15 is 0 Å². The van der Waals surface area contributed by atoms with Crippen molar-refractivity contribution >= 4 is 42.0 Å². The Bertz CT molecular complexity index is 1790. The molecule has 7 rings (SSSR count). The van der Waals surface area contributed by atoms with Gasteiger partial charge in [-0.3, -0.25) is 19.1 Å². The topological polar surface area (TPSA) is 111 Å². The minimum Gasteiger partial charge on any atom is -0.376 e. The van der Waals surface area contributed by atoms with Gasteiger partial charge in [-0.15, -0.1) is 0 Å². The fourth-order valence-electron chi connectivity index (χ4n) is 8.15. The molecule has 2 aliphatic carbocycles. The van der Waals surface area contributed by atoms with Gasteiger partial charge in [0.25, 0.3) is 5.91 Å². The van der Waals surface area contributed by atoms with Crippen LogP contribution in [0.25, 0.3) is 0 Å². The van der Waals surface area contributed by atoms with Crippen molar-refractivity contribution in [2.24, 2.45) is 28.4 Å². The monoisotopic (exact) mass is 805 g/mol. The fourth-order valence-corrected chi connectivity index (χ4v) is 9.99. The Kier molecular flexibility index (Phi) is 9.36. The molecule has 9 nitrogen and oxygen atoms in total. The number of amides is 3. The van der Waals surface area contributed by atoms with Gasteiger partial charge in [-0.2, -0.15) is 5.10 Å². The van der Waals surface area contributed by atoms with Crippen LogP contribution in [-0.4, -0.2) is 79.5 Å². The number of nitrogens with zero attached hydrogens (tertiary/aromatic N) is 4. The van der Waals surface area contributed by atoms with Gasteiger partial charge in [0.1, 0.15) is 5.83 Å². The highest BCUT2D eigenvalue weighted by Crippen LogP contribution is 2.54. The van der Waals surface area contributed by atoms with Crippen molar-refractivity contribution < 1.29 is 32.3 Å². The van der Waals surface area contributed by atoms with Gasteiger partial charge in [0.05, 0.1) is 31.5 Å². The van der Waals surface area contributed by atoms with E-state index in [2.05, 4.69) is 18.9 Å². The first-order valence-electron chi connectivity index (χ1n) is 17.2. The Morgan fingerprint density at radius 2 is 1.80 bits per heavy atom. The van der Waals surface area contributed by atoms with Crippen LogP contribution in [0.2, 0.25) is 0 Å². The number of rotatable bonds is 10. The van der Waals surface area contributed by atoms with Gasteiger partial charge < -0.3 is 20.3 Å². The number of alkyl halides is 2. The summed E-state index contributed by atoms with van der Waals surface area (Å²) in [6.45, 7) is 7.13. The Morgan fingerprint density at radius 3 is 2.46 bits per heavy atom. The Morgan fingerprint density at radius 1 is 1.08 bits per heavy atom. The van der Waals surface area contributed by atoms with E-state index in [-0.39, 0.29) is 78.5 Å². The lowest BCUT2D eigenvalue weighted by molar-refractivity contribution is -0.148. The molecule has 3 aliphatic heterocycles. The highest BCUT2D eigenvalue weighted by molar-refractivity contribution is 14.2. The number of hydrogen-bond donors (Lipinski definition) is 1. The van der Waals surface area contributed by atoms with Crippen LogP contribution in [0.5, 0.6) is 0 Å². The number of allylic oxidation sites excluding steroid dienone is 3. The Balaban J connectivity index is 1.04. The number of aromatic nitrogens is 2. The van der Waals surface area contributed by atoms with E-state index in [9.17, 15) is 27.6 Å². The van der Waals surface area contributed by atoms with E-state index in [1.54, 1.807) is 39.4 Å². The largest absolute Gasteiger partial charge is 0.376 e. The predicted octanol–water partition coefficient (Wildman–Crippen LogP) is 5.96. The molecular formula is C37H43F3IN5O4. The normalized spacial score (nSPS) is 25.1. The van der Waals surface area contributed by atoms with Crippen LogP contribution in [0.4, 0.5) is 13.2 Å². The van der Waals surface area contributed by atoms with Crippen molar-refractivity contribution in [3.8, 4) is 0 Å². The summed E-state index contributed by atoms with van der Waals surface area (Å²) >= 11 is -0.565. The van der Waals surface area contributed by atoms with Crippen molar-refractivity contribution in [2.75, 3.05) is 32.8 Å². The Hall–Kier alpha value is -3.33. The summed E-state index contributed by atoms with van der Waals surface area (Å²) in [6, 6.07) is 5.41. The van der Waals surface area contributed by atoms with Gasteiger partial charge in [-0.1, -0.05) is 52.8 Å². The van der Waals surface area contributed by atoms with Crippen molar-refractivity contribution in [1.82, 2.24) is 19.6 Å². The second kappa shape index (κ2) is 13.3. The molecule has 268 valence electrons. The highest BCUT2D eigenvalue weighted by atomic mass is 127. The predicted molar refractivity (Wildman–Crippen MR) is 191 cm³/mol. The lowest BCUT2D eigenvalue weighted by atomic mass is 9.71. The van der Waals surface area contributed by atoms with Crippen LogP contribution in [0.15, 0.2) is 52.7 Å². The average molecular weight is 806 g/mol. The van der Waals surface area contributed by atoms with E-state index < -0.39 is 32.6 Å². The van der Waals surface area contributed by atoms with E-state index in [0.717, 1.165) is 9.93 Å². The maximum absolute atomic E-state index is 13.9. The van der Waals surface area contributed by atoms with Gasteiger partial charge in [0, 0.05) is 75.6 Å². The SMILES string of the molecule is CC1(C)C[C@@H]1C(=O)N1CC2(CN(C(=O)c3cnn(CC4=IC=C(F)C=C4)c3)C[C@H]2COCc2cccc(C3CCC(F)(F)CC3)c2C(N)=O)C1. The molecule has 2 atom stereocenters. The fraction of sp³-hybridized carbons (Fsp3) is 0.541. The quantitative estimate of drug-likeness (QED) is 0.298. The third-order valence-electron chi connectivity index (χ3n) is 11.3. The van der Waals surface area contributed by atoms with Crippen LogP contribution < -0.4 is 5.73 Å². The van der Waals surface area contributed by atoms with Gasteiger partial charge in [0.15, 0.2) is 0 Å². The zero-order chi connectivity index (χ0) is 35.4. The molecule has 4 heterocycles. The van der Waals surface area contributed by atoms with Crippen molar-refractivity contribution in [3.63, 3.8) is 0 Å². The summed E-state index contributed by atoms with van der Waals surface area (Å²) in [5, 5.41) is 4.41. The average Bonchev–Trinajstić information content (AvgIpc) is 3.35. The number of carbonyl (C=O) groups is 3. The zero-order valence-corrected chi connectivity index (χ0v) is 30.5. The summed E-state index contributed by atoms with van der Waals surface area (Å²) in [4.78, 5) is 43.5. The molecular weight excluding hydrogens is 762 g/mol. The molecule has 2 N–H and O–H groups in total. The molecule has 1 aromatic carbocycles. The molecule has 2 aromatic rings. The molecule has 5 aliphatic rings. The summed E-state index contributed by atoms with van der Waals surface area (Å²) < 4.78 is 51.9. The van der Waals surface area contributed by atoms with Crippen LogP contribution in [-0.2, 0) is 22.7 Å². The summed E-state index contributed by atoms with van der Waals surface area (Å²) in [5.74, 6) is -3.68. The van der Waals surface area contributed by atoms with Gasteiger partial charge in [-0.05, 0) is 53.9 Å². The number of halogens is 4. The van der Waals surface area contributed by atoms with E-state index in [1.165, 1.54) is 6.08 Å². The maximum Gasteiger partial charge on any atom is 0.257 e. The van der Waals surface area contributed by atoms with Gasteiger partial charge >= 0.3 is 0 Å². The molecule has 4 fully saturated rings. The highest BCUT2D eigenvalue weighted by Gasteiger charge is 2.60. The van der Waals surface area contributed by atoms with Crippen molar-refractivity contribution in [2.45, 2.75) is 70.9 Å². The number of carbonyl (C=O) groups excluding carboxylic acids is 3. The molecule has 3 amide bonds. The number of nitrogens with two attached hydrogens (primary N) is 1.